The van der Waals surface area contributed by atoms with Crippen LogP contribution in [-0.2, 0) is 0 Å². The van der Waals surface area contributed by atoms with Crippen LogP contribution in [0.4, 0.5) is 4.39 Å². The van der Waals surface area contributed by atoms with Crippen molar-refractivity contribution in [2.24, 2.45) is 10.4 Å². The summed E-state index contributed by atoms with van der Waals surface area (Å²) in [7, 11) is 0. The smallest absolute Gasteiger partial charge is 0.191 e. The van der Waals surface area contributed by atoms with Gasteiger partial charge in [0.05, 0.1) is 6.54 Å². The summed E-state index contributed by atoms with van der Waals surface area (Å²) in [4.78, 5) is 4.70. The van der Waals surface area contributed by atoms with E-state index in [0.29, 0.717) is 19.0 Å². The zero-order valence-electron chi connectivity index (χ0n) is 16.9. The topological polar surface area (TPSA) is 65.9 Å². The second-order valence-electron chi connectivity index (χ2n) is 6.62. The Bertz CT molecular complexity index is 554. The van der Waals surface area contributed by atoms with Crippen LogP contribution in [0.1, 0.15) is 47.0 Å². The Labute approximate surface area is 180 Å². The number of nitrogens with zero attached hydrogens (tertiary/aromatic N) is 1. The highest BCUT2D eigenvalue weighted by molar-refractivity contribution is 14.0. The molecule has 27 heavy (non-hydrogen) atoms. The molecule has 0 aliphatic rings. The lowest BCUT2D eigenvalue weighted by molar-refractivity contribution is 0.175. The van der Waals surface area contributed by atoms with Gasteiger partial charge in [-0.15, -0.1) is 24.0 Å². The molecule has 0 saturated heterocycles. The first-order valence-electron chi connectivity index (χ1n) is 9.54. The van der Waals surface area contributed by atoms with Gasteiger partial charge in [-0.2, -0.15) is 0 Å². The summed E-state index contributed by atoms with van der Waals surface area (Å²) in [5, 5.41) is 15.8. The van der Waals surface area contributed by atoms with Crippen LogP contribution >= 0.6 is 24.0 Å². The van der Waals surface area contributed by atoms with Gasteiger partial charge in [-0.25, -0.2) is 4.39 Å². The molecule has 1 atom stereocenters. The fourth-order valence-electron chi connectivity index (χ4n) is 2.77. The van der Waals surface area contributed by atoms with Gasteiger partial charge in [-0.3, -0.25) is 4.99 Å². The summed E-state index contributed by atoms with van der Waals surface area (Å²) in [6.07, 6.45) is 2.48. The largest absolute Gasteiger partial charge is 0.486 e. The van der Waals surface area contributed by atoms with E-state index in [1.807, 2.05) is 13.8 Å². The van der Waals surface area contributed by atoms with Crippen LogP contribution in [0.5, 0.6) is 5.75 Å². The van der Waals surface area contributed by atoms with E-state index in [-0.39, 0.29) is 53.7 Å². The number of hydrogen-bond acceptors (Lipinski definition) is 3. The molecular formula is C20H35FIN3O2. The Morgan fingerprint density at radius 3 is 2.44 bits per heavy atom. The van der Waals surface area contributed by atoms with Gasteiger partial charge < -0.3 is 20.5 Å². The van der Waals surface area contributed by atoms with E-state index in [4.69, 9.17) is 9.73 Å². The molecule has 0 aliphatic carbocycles. The molecule has 5 nitrogen and oxygen atoms in total. The van der Waals surface area contributed by atoms with Crippen LogP contribution in [-0.4, -0.2) is 43.4 Å². The van der Waals surface area contributed by atoms with Gasteiger partial charge in [-0.05, 0) is 50.7 Å². The van der Waals surface area contributed by atoms with Crippen molar-refractivity contribution in [1.29, 1.82) is 0 Å². The molecule has 7 heteroatoms. The van der Waals surface area contributed by atoms with Crippen molar-refractivity contribution in [3.63, 3.8) is 0 Å². The summed E-state index contributed by atoms with van der Waals surface area (Å²) in [6, 6.07) is 6.40. The highest BCUT2D eigenvalue weighted by atomic mass is 127. The van der Waals surface area contributed by atoms with Crippen LogP contribution in [0.2, 0.25) is 0 Å². The Morgan fingerprint density at radius 1 is 1.22 bits per heavy atom. The first kappa shape index (κ1) is 25.9. The molecule has 0 aliphatic heterocycles. The van der Waals surface area contributed by atoms with Gasteiger partial charge in [-0.1, -0.05) is 26.0 Å². The number of aliphatic imine (C=N–C) groups is 1. The molecule has 0 amide bonds. The van der Waals surface area contributed by atoms with Gasteiger partial charge in [0.15, 0.2) is 17.5 Å². The molecule has 156 valence electrons. The van der Waals surface area contributed by atoms with E-state index in [1.54, 1.807) is 18.2 Å². The standard InChI is InChI=1S/C20H34FN3O2.HI/c1-5-20(6-2,12-13-25)15-24-19(22-7-3)23-14-16(4)26-18-11-9-8-10-17(18)21;/h8-11,16,25H,5-7,12-15H2,1-4H3,(H2,22,23,24);1H. The zero-order chi connectivity index (χ0) is 19.4. The van der Waals surface area contributed by atoms with E-state index < -0.39 is 0 Å². The quantitative estimate of drug-likeness (QED) is 0.247. The van der Waals surface area contributed by atoms with Crippen molar-refractivity contribution >= 4 is 29.9 Å². The van der Waals surface area contributed by atoms with Crippen molar-refractivity contribution < 1.29 is 14.2 Å². The number of halogens is 2. The second kappa shape index (κ2) is 14.0. The van der Waals surface area contributed by atoms with Gasteiger partial charge >= 0.3 is 0 Å². The molecule has 0 fully saturated rings. The molecule has 0 heterocycles. The van der Waals surface area contributed by atoms with Gasteiger partial charge in [0, 0.05) is 19.7 Å². The maximum absolute atomic E-state index is 13.7. The van der Waals surface area contributed by atoms with Crippen LogP contribution in [0, 0.1) is 11.2 Å². The van der Waals surface area contributed by atoms with Crippen LogP contribution in [0.15, 0.2) is 29.3 Å². The molecule has 1 rings (SSSR count). The van der Waals surface area contributed by atoms with Crippen molar-refractivity contribution in [3.05, 3.63) is 30.1 Å². The number of para-hydroxylation sites is 1. The summed E-state index contributed by atoms with van der Waals surface area (Å²) >= 11 is 0. The second-order valence-corrected chi connectivity index (χ2v) is 6.62. The van der Waals surface area contributed by atoms with E-state index >= 15 is 0 Å². The monoisotopic (exact) mass is 495 g/mol. The van der Waals surface area contributed by atoms with Gasteiger partial charge in [0.1, 0.15) is 6.10 Å². The maximum Gasteiger partial charge on any atom is 0.191 e. The maximum atomic E-state index is 13.7. The van der Waals surface area contributed by atoms with Crippen LogP contribution < -0.4 is 15.4 Å². The van der Waals surface area contributed by atoms with Crippen LogP contribution in [0.25, 0.3) is 0 Å². The average Bonchev–Trinajstić information content (AvgIpc) is 2.65. The first-order chi connectivity index (χ1) is 12.5. The Hall–Kier alpha value is -1.09. The molecule has 0 saturated carbocycles. The van der Waals surface area contributed by atoms with Crippen molar-refractivity contribution in [2.45, 2.75) is 53.1 Å². The van der Waals surface area contributed by atoms with Crippen molar-refractivity contribution in [3.8, 4) is 5.75 Å². The molecule has 0 bridgehead atoms. The third-order valence-electron chi connectivity index (χ3n) is 4.78. The number of nitrogens with one attached hydrogen (secondary N) is 2. The molecular weight excluding hydrogens is 460 g/mol. The van der Waals surface area contributed by atoms with Crippen molar-refractivity contribution in [1.82, 2.24) is 10.6 Å². The lowest BCUT2D eigenvalue weighted by atomic mass is 9.79. The minimum atomic E-state index is -0.361. The predicted octanol–water partition coefficient (Wildman–Crippen LogP) is 3.95. The molecule has 1 aromatic carbocycles. The molecule has 1 unspecified atom stereocenters. The van der Waals surface area contributed by atoms with E-state index in [1.165, 1.54) is 6.07 Å². The summed E-state index contributed by atoms with van der Waals surface area (Å²) in [5.74, 6) is 0.600. The SMILES string of the molecule is CCNC(=NCC(CC)(CC)CCO)NCC(C)Oc1ccccc1F.I. The highest BCUT2D eigenvalue weighted by Gasteiger charge is 2.25. The Balaban J connectivity index is 0.00000676. The molecule has 0 spiro atoms. The van der Waals surface area contributed by atoms with E-state index in [9.17, 15) is 9.50 Å². The third-order valence-corrected chi connectivity index (χ3v) is 4.78. The zero-order valence-corrected chi connectivity index (χ0v) is 19.3. The number of aliphatic hydroxyl groups excluding tert-OH is 1. The summed E-state index contributed by atoms with van der Waals surface area (Å²) in [5.41, 5.74) is 0.0202. The van der Waals surface area contributed by atoms with E-state index in [0.717, 1.165) is 25.8 Å². The minimum Gasteiger partial charge on any atom is -0.486 e. The first-order valence-corrected chi connectivity index (χ1v) is 9.54. The third kappa shape index (κ3) is 9.10. The van der Waals surface area contributed by atoms with Crippen molar-refractivity contribution in [2.75, 3.05) is 26.2 Å². The highest BCUT2D eigenvalue weighted by Crippen LogP contribution is 2.30. The molecule has 0 radical (unpaired) electrons. The molecule has 3 N–H and O–H groups in total. The fraction of sp³-hybridized carbons (Fsp3) is 0.650. The average molecular weight is 495 g/mol. The normalized spacial score (nSPS) is 12.9. The van der Waals surface area contributed by atoms with Crippen LogP contribution in [0.3, 0.4) is 0 Å². The number of ether oxygens (including phenoxy) is 1. The summed E-state index contributed by atoms with van der Waals surface area (Å²) < 4.78 is 19.3. The molecule has 0 aromatic heterocycles. The molecule has 1 aromatic rings. The van der Waals surface area contributed by atoms with Gasteiger partial charge in [0.2, 0.25) is 0 Å². The lowest BCUT2D eigenvalue weighted by Gasteiger charge is -2.29. The number of rotatable bonds is 11. The number of aliphatic hydroxyl groups is 1. The van der Waals surface area contributed by atoms with Gasteiger partial charge in [0.25, 0.3) is 0 Å². The number of guanidine groups is 1. The summed E-state index contributed by atoms with van der Waals surface area (Å²) in [6.45, 7) is 10.3. The minimum absolute atomic E-state index is 0. The number of benzene rings is 1. The van der Waals surface area contributed by atoms with E-state index in [2.05, 4.69) is 24.5 Å². The predicted molar refractivity (Wildman–Crippen MR) is 121 cm³/mol. The number of hydrogen-bond donors (Lipinski definition) is 3. The Morgan fingerprint density at radius 2 is 1.89 bits per heavy atom. The Kier molecular flexibility index (Phi) is 13.4. The fourth-order valence-corrected chi connectivity index (χ4v) is 2.77. The lowest BCUT2D eigenvalue weighted by Crippen LogP contribution is -2.42.